The molecule has 0 unspecified atom stereocenters. The maximum absolute atomic E-state index is 12.9. The van der Waals surface area contributed by atoms with Crippen molar-refractivity contribution in [2.75, 3.05) is 13.1 Å². The Labute approximate surface area is 87.4 Å². The largest absolute Gasteiger partial charge is 0.390 e. The number of rotatable bonds is 2. The number of hydrogen-bond donors (Lipinski definition) is 1. The zero-order valence-corrected chi connectivity index (χ0v) is 8.10. The van der Waals surface area contributed by atoms with E-state index in [1.165, 1.54) is 12.1 Å². The predicted octanol–water partition coefficient (Wildman–Crippen LogP) is 1.07. The molecule has 0 spiro atoms. The molecule has 4 heteroatoms. The topological polar surface area (TPSA) is 47.3 Å². The van der Waals surface area contributed by atoms with Crippen LogP contribution in [0.4, 0.5) is 4.39 Å². The van der Waals surface area contributed by atoms with Crippen LogP contribution in [0.25, 0.3) is 0 Å². The number of hydrogen-bond acceptors (Lipinski definition) is 3. The molecule has 1 N–H and O–H groups in total. The van der Waals surface area contributed by atoms with Gasteiger partial charge in [0.15, 0.2) is 0 Å². The molecule has 1 aliphatic rings. The maximum atomic E-state index is 12.9. The number of halogens is 1. The zero-order chi connectivity index (χ0) is 10.8. The first kappa shape index (κ1) is 10.1. The molecule has 1 heterocycles. The molecule has 1 aromatic rings. The lowest BCUT2D eigenvalue weighted by Gasteiger charge is -2.38. The van der Waals surface area contributed by atoms with Gasteiger partial charge in [-0.3, -0.25) is 4.90 Å². The third-order valence-corrected chi connectivity index (χ3v) is 2.54. The Bertz CT molecular complexity index is 396. The van der Waals surface area contributed by atoms with Crippen LogP contribution in [0.15, 0.2) is 24.3 Å². The number of nitriles is 1. The SMILES string of the molecule is N#C[C@H](c1cccc(F)c1)N1CC(O)C1. The highest BCUT2D eigenvalue weighted by molar-refractivity contribution is 5.25. The summed E-state index contributed by atoms with van der Waals surface area (Å²) in [7, 11) is 0. The van der Waals surface area contributed by atoms with Gasteiger partial charge in [-0.25, -0.2) is 4.39 Å². The lowest BCUT2D eigenvalue weighted by molar-refractivity contribution is -0.0127. The van der Waals surface area contributed by atoms with Crippen molar-refractivity contribution in [2.45, 2.75) is 12.1 Å². The summed E-state index contributed by atoms with van der Waals surface area (Å²) in [5.74, 6) is -0.339. The highest BCUT2D eigenvalue weighted by Crippen LogP contribution is 2.25. The normalized spacial score (nSPS) is 19.3. The first-order chi connectivity index (χ1) is 7.20. The molecule has 0 bridgehead atoms. The average molecular weight is 206 g/mol. The summed E-state index contributed by atoms with van der Waals surface area (Å²) < 4.78 is 12.9. The summed E-state index contributed by atoms with van der Waals surface area (Å²) in [6.07, 6.45) is -0.352. The van der Waals surface area contributed by atoms with E-state index in [2.05, 4.69) is 6.07 Å². The van der Waals surface area contributed by atoms with E-state index < -0.39 is 6.04 Å². The molecule has 2 rings (SSSR count). The van der Waals surface area contributed by atoms with Crippen molar-refractivity contribution < 1.29 is 9.50 Å². The van der Waals surface area contributed by atoms with E-state index in [0.29, 0.717) is 18.7 Å². The first-order valence-electron chi connectivity index (χ1n) is 4.78. The maximum Gasteiger partial charge on any atom is 0.124 e. The van der Waals surface area contributed by atoms with Crippen molar-refractivity contribution in [3.05, 3.63) is 35.6 Å². The van der Waals surface area contributed by atoms with E-state index in [4.69, 9.17) is 10.4 Å². The van der Waals surface area contributed by atoms with Gasteiger partial charge in [0, 0.05) is 13.1 Å². The lowest BCUT2D eigenvalue weighted by atomic mass is 10.0. The molecule has 0 aliphatic carbocycles. The Hall–Kier alpha value is -1.44. The minimum absolute atomic E-state index is 0.339. The number of aliphatic hydroxyl groups excluding tert-OH is 1. The van der Waals surface area contributed by atoms with Crippen LogP contribution >= 0.6 is 0 Å². The van der Waals surface area contributed by atoms with Crippen molar-refractivity contribution in [3.8, 4) is 6.07 Å². The summed E-state index contributed by atoms with van der Waals surface area (Å²) in [6, 6.07) is 7.68. The summed E-state index contributed by atoms with van der Waals surface area (Å²) in [4.78, 5) is 1.82. The molecule has 1 aromatic carbocycles. The van der Waals surface area contributed by atoms with Gasteiger partial charge in [0.1, 0.15) is 11.9 Å². The van der Waals surface area contributed by atoms with Crippen molar-refractivity contribution >= 4 is 0 Å². The Kier molecular flexibility index (Phi) is 2.67. The fraction of sp³-hybridized carbons (Fsp3) is 0.364. The highest BCUT2D eigenvalue weighted by atomic mass is 19.1. The van der Waals surface area contributed by atoms with E-state index in [1.54, 1.807) is 12.1 Å². The quantitative estimate of drug-likeness (QED) is 0.787. The minimum Gasteiger partial charge on any atom is -0.390 e. The molecule has 0 saturated carbocycles. The molecule has 0 amide bonds. The standard InChI is InChI=1S/C11H11FN2O/c12-9-3-1-2-8(4-9)11(5-13)14-6-10(15)7-14/h1-4,10-11,15H,6-7H2/t11-/m1/s1. The first-order valence-corrected chi connectivity index (χ1v) is 4.78. The molecule has 1 atom stereocenters. The van der Waals surface area contributed by atoms with Gasteiger partial charge in [0.2, 0.25) is 0 Å². The molecule has 3 nitrogen and oxygen atoms in total. The third kappa shape index (κ3) is 1.99. The van der Waals surface area contributed by atoms with E-state index in [9.17, 15) is 4.39 Å². The number of nitrogens with zero attached hydrogens (tertiary/aromatic N) is 2. The monoisotopic (exact) mass is 206 g/mol. The fourth-order valence-corrected chi connectivity index (χ4v) is 1.74. The second kappa shape index (κ2) is 3.97. The zero-order valence-electron chi connectivity index (χ0n) is 8.10. The summed E-state index contributed by atoms with van der Waals surface area (Å²) in [5, 5.41) is 18.1. The molecular weight excluding hydrogens is 195 g/mol. The average Bonchev–Trinajstić information content (AvgIpc) is 2.16. The predicted molar refractivity (Wildman–Crippen MR) is 52.3 cm³/mol. The van der Waals surface area contributed by atoms with Crippen molar-refractivity contribution in [2.24, 2.45) is 0 Å². The Morgan fingerprint density at radius 3 is 2.80 bits per heavy atom. The number of aliphatic hydroxyl groups is 1. The van der Waals surface area contributed by atoms with Crippen LogP contribution in [0.5, 0.6) is 0 Å². The molecule has 0 aromatic heterocycles. The van der Waals surface area contributed by atoms with Gasteiger partial charge in [0.05, 0.1) is 12.2 Å². The van der Waals surface area contributed by atoms with Gasteiger partial charge in [-0.2, -0.15) is 5.26 Å². The smallest absolute Gasteiger partial charge is 0.124 e. The number of benzene rings is 1. The summed E-state index contributed by atoms with van der Waals surface area (Å²) >= 11 is 0. The van der Waals surface area contributed by atoms with Gasteiger partial charge in [-0.1, -0.05) is 12.1 Å². The van der Waals surface area contributed by atoms with E-state index in [1.807, 2.05) is 4.90 Å². The Morgan fingerprint density at radius 2 is 2.27 bits per heavy atom. The number of likely N-dealkylation sites (tertiary alicyclic amines) is 1. The van der Waals surface area contributed by atoms with Crippen LogP contribution in [0.1, 0.15) is 11.6 Å². The van der Waals surface area contributed by atoms with Gasteiger partial charge in [0.25, 0.3) is 0 Å². The van der Waals surface area contributed by atoms with Gasteiger partial charge in [-0.05, 0) is 17.7 Å². The van der Waals surface area contributed by atoms with Crippen LogP contribution in [-0.4, -0.2) is 29.2 Å². The van der Waals surface area contributed by atoms with E-state index >= 15 is 0 Å². The van der Waals surface area contributed by atoms with Gasteiger partial charge < -0.3 is 5.11 Å². The van der Waals surface area contributed by atoms with Crippen molar-refractivity contribution in [1.82, 2.24) is 4.90 Å². The minimum atomic E-state index is -0.455. The Morgan fingerprint density at radius 1 is 1.53 bits per heavy atom. The molecule has 15 heavy (non-hydrogen) atoms. The molecule has 78 valence electrons. The van der Waals surface area contributed by atoms with E-state index in [-0.39, 0.29) is 11.9 Å². The van der Waals surface area contributed by atoms with Crippen LogP contribution < -0.4 is 0 Å². The molecule has 1 fully saturated rings. The third-order valence-electron chi connectivity index (χ3n) is 2.54. The van der Waals surface area contributed by atoms with Gasteiger partial charge in [-0.15, -0.1) is 0 Å². The lowest BCUT2D eigenvalue weighted by Crippen LogP contribution is -2.51. The second-order valence-corrected chi connectivity index (χ2v) is 3.69. The van der Waals surface area contributed by atoms with Crippen molar-refractivity contribution in [3.63, 3.8) is 0 Å². The molecular formula is C11H11FN2O. The molecule has 1 aliphatic heterocycles. The van der Waals surface area contributed by atoms with E-state index in [0.717, 1.165) is 0 Å². The number of β-amino-alcohol motifs (C(OH)–C–C–N with tert-alkyl or cyclic N) is 1. The van der Waals surface area contributed by atoms with Crippen molar-refractivity contribution in [1.29, 1.82) is 5.26 Å². The highest BCUT2D eigenvalue weighted by Gasteiger charge is 2.31. The van der Waals surface area contributed by atoms with Gasteiger partial charge >= 0.3 is 0 Å². The summed E-state index contributed by atoms with van der Waals surface area (Å²) in [6.45, 7) is 0.962. The molecule has 0 radical (unpaired) electrons. The molecule has 1 saturated heterocycles. The Balaban J connectivity index is 2.17. The summed E-state index contributed by atoms with van der Waals surface area (Å²) in [5.41, 5.74) is 0.643. The second-order valence-electron chi connectivity index (χ2n) is 3.69. The van der Waals surface area contributed by atoms with Crippen LogP contribution in [0.3, 0.4) is 0 Å². The fourth-order valence-electron chi connectivity index (χ4n) is 1.74. The van der Waals surface area contributed by atoms with Crippen LogP contribution in [0.2, 0.25) is 0 Å². The van der Waals surface area contributed by atoms with Crippen LogP contribution in [0, 0.1) is 17.1 Å². The van der Waals surface area contributed by atoms with Crippen LogP contribution in [-0.2, 0) is 0 Å².